The molecule has 0 radical (unpaired) electrons. The second-order valence-corrected chi connectivity index (χ2v) is 4.71. The number of carbonyl (C=O) groups is 1. The first-order chi connectivity index (χ1) is 6.66. The molecule has 72 valence electrons. The topological polar surface area (TPSA) is 17.1 Å². The van der Waals surface area contributed by atoms with Gasteiger partial charge in [-0.2, -0.15) is 0 Å². The summed E-state index contributed by atoms with van der Waals surface area (Å²) in [7, 11) is 0. The lowest BCUT2D eigenvalue weighted by atomic mass is 10.1. The van der Waals surface area contributed by atoms with Crippen LogP contribution in [-0.2, 0) is 4.79 Å². The Morgan fingerprint density at radius 2 is 1.93 bits per heavy atom. The molecule has 0 heterocycles. The molecule has 14 heavy (non-hydrogen) atoms. The number of hydrogen-bond acceptors (Lipinski definition) is 1. The average molecular weight is 272 g/mol. The molecule has 1 unspecified atom stereocenters. The number of benzene rings is 1. The van der Waals surface area contributed by atoms with Gasteiger partial charge in [-0.3, -0.25) is 4.79 Å². The molecular weight excluding hydrogens is 263 g/mol. The third-order valence-corrected chi connectivity index (χ3v) is 2.99. The zero-order valence-electron chi connectivity index (χ0n) is 7.34. The van der Waals surface area contributed by atoms with Gasteiger partial charge in [0.2, 0.25) is 0 Å². The van der Waals surface area contributed by atoms with Crippen molar-refractivity contribution < 1.29 is 4.79 Å². The molecule has 2 rings (SSSR count). The summed E-state index contributed by atoms with van der Waals surface area (Å²) in [5.74, 6) is 0.132. The standard InChI is InChI=1S/C11H8BrClO/c12-8-3-1-7(2-4-8)10-5-9(13)6-11(10)14/h1-5,9H,6H2. The van der Waals surface area contributed by atoms with Crippen LogP contribution in [0.25, 0.3) is 5.57 Å². The minimum absolute atomic E-state index is 0.132. The van der Waals surface area contributed by atoms with Gasteiger partial charge in [-0.1, -0.05) is 34.1 Å². The van der Waals surface area contributed by atoms with Crippen LogP contribution in [0.5, 0.6) is 0 Å². The maximum atomic E-state index is 11.5. The number of carbonyl (C=O) groups excluding carboxylic acids is 1. The van der Waals surface area contributed by atoms with E-state index < -0.39 is 0 Å². The van der Waals surface area contributed by atoms with E-state index >= 15 is 0 Å². The van der Waals surface area contributed by atoms with E-state index in [1.54, 1.807) is 0 Å². The monoisotopic (exact) mass is 270 g/mol. The van der Waals surface area contributed by atoms with Crippen LogP contribution in [0.15, 0.2) is 34.8 Å². The van der Waals surface area contributed by atoms with Gasteiger partial charge in [0, 0.05) is 16.5 Å². The largest absolute Gasteiger partial charge is 0.294 e. The molecule has 0 amide bonds. The van der Waals surface area contributed by atoms with Crippen molar-refractivity contribution in [2.75, 3.05) is 0 Å². The highest BCUT2D eigenvalue weighted by atomic mass is 79.9. The average Bonchev–Trinajstić information content (AvgIpc) is 2.47. The molecule has 0 bridgehead atoms. The van der Waals surface area contributed by atoms with E-state index in [-0.39, 0.29) is 11.2 Å². The summed E-state index contributed by atoms with van der Waals surface area (Å²) >= 11 is 9.23. The number of Topliss-reactive ketones (excluding diaryl/α,β-unsaturated/α-hetero) is 1. The summed E-state index contributed by atoms with van der Waals surface area (Å²) in [4.78, 5) is 11.5. The Morgan fingerprint density at radius 1 is 1.29 bits per heavy atom. The SMILES string of the molecule is O=C1CC(Cl)C=C1c1ccc(Br)cc1. The second kappa shape index (κ2) is 3.87. The number of halogens is 2. The maximum absolute atomic E-state index is 11.5. The molecular formula is C11H8BrClO. The van der Waals surface area contributed by atoms with Crippen LogP contribution in [0, 0.1) is 0 Å². The molecule has 0 aromatic heterocycles. The Labute approximate surface area is 95.9 Å². The lowest BCUT2D eigenvalue weighted by molar-refractivity contribution is -0.113. The van der Waals surface area contributed by atoms with Gasteiger partial charge in [0.15, 0.2) is 5.78 Å². The van der Waals surface area contributed by atoms with Crippen molar-refractivity contribution >= 4 is 38.9 Å². The molecule has 1 aromatic rings. The molecule has 0 N–H and O–H groups in total. The van der Waals surface area contributed by atoms with Crippen LogP contribution in [-0.4, -0.2) is 11.2 Å². The van der Waals surface area contributed by atoms with Gasteiger partial charge in [0.05, 0.1) is 5.38 Å². The van der Waals surface area contributed by atoms with Crippen LogP contribution in [0.3, 0.4) is 0 Å². The van der Waals surface area contributed by atoms with Gasteiger partial charge >= 0.3 is 0 Å². The first kappa shape index (κ1) is 9.94. The third kappa shape index (κ3) is 1.91. The van der Waals surface area contributed by atoms with Crippen molar-refractivity contribution in [2.45, 2.75) is 11.8 Å². The molecule has 1 atom stereocenters. The number of alkyl halides is 1. The minimum atomic E-state index is -0.138. The Bertz CT molecular complexity index is 394. The second-order valence-electron chi connectivity index (χ2n) is 3.23. The van der Waals surface area contributed by atoms with Crippen LogP contribution in [0.4, 0.5) is 0 Å². The zero-order chi connectivity index (χ0) is 10.1. The number of rotatable bonds is 1. The van der Waals surface area contributed by atoms with Gasteiger partial charge in [-0.25, -0.2) is 0 Å². The van der Waals surface area contributed by atoms with Gasteiger partial charge in [0.1, 0.15) is 0 Å². The molecule has 1 nitrogen and oxygen atoms in total. The van der Waals surface area contributed by atoms with E-state index in [1.807, 2.05) is 30.3 Å². The predicted molar refractivity (Wildman–Crippen MR) is 61.4 cm³/mol. The Hall–Kier alpha value is -0.600. The highest BCUT2D eigenvalue weighted by Crippen LogP contribution is 2.28. The summed E-state index contributed by atoms with van der Waals surface area (Å²) in [6, 6.07) is 7.68. The van der Waals surface area contributed by atoms with Gasteiger partial charge in [0.25, 0.3) is 0 Å². The van der Waals surface area contributed by atoms with E-state index in [9.17, 15) is 4.79 Å². The third-order valence-electron chi connectivity index (χ3n) is 2.18. The minimum Gasteiger partial charge on any atom is -0.294 e. The van der Waals surface area contributed by atoms with Crippen molar-refractivity contribution in [2.24, 2.45) is 0 Å². The normalized spacial score (nSPS) is 21.1. The molecule has 1 aromatic carbocycles. The highest BCUT2D eigenvalue weighted by molar-refractivity contribution is 9.10. The first-order valence-corrected chi connectivity index (χ1v) is 5.55. The van der Waals surface area contributed by atoms with E-state index in [0.717, 1.165) is 15.6 Å². The lowest BCUT2D eigenvalue weighted by Crippen LogP contribution is -1.96. The molecule has 0 saturated heterocycles. The molecule has 3 heteroatoms. The first-order valence-electron chi connectivity index (χ1n) is 4.32. The molecule has 1 aliphatic carbocycles. The maximum Gasteiger partial charge on any atom is 0.165 e. The highest BCUT2D eigenvalue weighted by Gasteiger charge is 2.22. The van der Waals surface area contributed by atoms with E-state index in [0.29, 0.717) is 6.42 Å². The van der Waals surface area contributed by atoms with Gasteiger partial charge in [-0.05, 0) is 17.7 Å². The zero-order valence-corrected chi connectivity index (χ0v) is 9.68. The number of ketones is 1. The van der Waals surface area contributed by atoms with Crippen LogP contribution in [0.1, 0.15) is 12.0 Å². The van der Waals surface area contributed by atoms with Crippen LogP contribution in [0.2, 0.25) is 0 Å². The Morgan fingerprint density at radius 3 is 2.43 bits per heavy atom. The summed E-state index contributed by atoms with van der Waals surface area (Å²) in [5.41, 5.74) is 1.69. The number of hydrogen-bond donors (Lipinski definition) is 0. The van der Waals surface area contributed by atoms with Crippen molar-refractivity contribution in [1.82, 2.24) is 0 Å². The lowest BCUT2D eigenvalue weighted by Gasteiger charge is -2.00. The van der Waals surface area contributed by atoms with Crippen LogP contribution >= 0.6 is 27.5 Å². The van der Waals surface area contributed by atoms with Crippen molar-refractivity contribution in [3.8, 4) is 0 Å². The molecule has 1 aliphatic rings. The number of allylic oxidation sites excluding steroid dienone is 2. The van der Waals surface area contributed by atoms with Gasteiger partial charge in [-0.15, -0.1) is 11.6 Å². The smallest absolute Gasteiger partial charge is 0.165 e. The fourth-order valence-corrected chi connectivity index (χ4v) is 2.04. The van der Waals surface area contributed by atoms with Gasteiger partial charge < -0.3 is 0 Å². The molecule has 0 saturated carbocycles. The summed E-state index contributed by atoms with van der Waals surface area (Å²) < 4.78 is 1.01. The van der Waals surface area contributed by atoms with Crippen molar-refractivity contribution in [1.29, 1.82) is 0 Å². The van der Waals surface area contributed by atoms with Crippen molar-refractivity contribution in [3.05, 3.63) is 40.4 Å². The summed E-state index contributed by atoms with van der Waals surface area (Å²) in [6.07, 6.45) is 2.25. The predicted octanol–water partition coefficient (Wildman–Crippen LogP) is 3.41. The quantitative estimate of drug-likeness (QED) is 0.715. The Balaban J connectivity index is 2.36. The summed E-state index contributed by atoms with van der Waals surface area (Å²) in [5, 5.41) is -0.138. The fourth-order valence-electron chi connectivity index (χ4n) is 1.51. The van der Waals surface area contributed by atoms with E-state index in [4.69, 9.17) is 11.6 Å². The van der Waals surface area contributed by atoms with E-state index in [2.05, 4.69) is 15.9 Å². The molecule has 0 fully saturated rings. The molecule has 0 aliphatic heterocycles. The fraction of sp³-hybridized carbons (Fsp3) is 0.182. The van der Waals surface area contributed by atoms with Crippen LogP contribution < -0.4 is 0 Å². The Kier molecular flexibility index (Phi) is 2.75. The summed E-state index contributed by atoms with van der Waals surface area (Å²) in [6.45, 7) is 0. The molecule has 0 spiro atoms. The van der Waals surface area contributed by atoms with E-state index in [1.165, 1.54) is 0 Å². The van der Waals surface area contributed by atoms with Crippen molar-refractivity contribution in [3.63, 3.8) is 0 Å².